The molecule has 0 aliphatic carbocycles. The van der Waals surface area contributed by atoms with Gasteiger partial charge in [-0.3, -0.25) is 4.79 Å². The van der Waals surface area contributed by atoms with Gasteiger partial charge in [0.15, 0.2) is 0 Å². The van der Waals surface area contributed by atoms with Gasteiger partial charge in [-0.25, -0.2) is 0 Å². The summed E-state index contributed by atoms with van der Waals surface area (Å²) in [5, 5.41) is 7.05. The Balaban J connectivity index is 1.38. The number of allylic oxidation sites excluding steroid dienone is 1. The summed E-state index contributed by atoms with van der Waals surface area (Å²) in [5.74, 6) is 0.668. The van der Waals surface area contributed by atoms with Crippen molar-refractivity contribution in [1.29, 1.82) is 0 Å². The summed E-state index contributed by atoms with van der Waals surface area (Å²) in [4.78, 5) is 12.2. The number of carbonyl (C=O) groups is 1. The third kappa shape index (κ3) is 4.87. The minimum absolute atomic E-state index is 0.132. The van der Waals surface area contributed by atoms with Crippen LogP contribution in [-0.2, 0) is 6.42 Å². The highest BCUT2D eigenvalue weighted by molar-refractivity contribution is 6.04. The summed E-state index contributed by atoms with van der Waals surface area (Å²) in [7, 11) is 0. The molecular formula is C25H20N2O2. The third-order valence-corrected chi connectivity index (χ3v) is 4.46. The number of hydrogen-bond donors (Lipinski definition) is 1. The Kier molecular flexibility index (Phi) is 5.63. The smallest absolute Gasteiger partial charge is 0.255 e. The van der Waals surface area contributed by atoms with Crippen LogP contribution >= 0.6 is 0 Å². The molecule has 4 aromatic rings. The molecule has 0 radical (unpaired) electrons. The monoisotopic (exact) mass is 380 g/mol. The van der Waals surface area contributed by atoms with E-state index in [1.54, 1.807) is 12.1 Å². The third-order valence-electron chi connectivity index (χ3n) is 4.46. The minimum Gasteiger partial charge on any atom is -0.360 e. The van der Waals surface area contributed by atoms with Crippen molar-refractivity contribution in [3.05, 3.63) is 114 Å². The van der Waals surface area contributed by atoms with Gasteiger partial charge in [-0.15, -0.1) is 0 Å². The van der Waals surface area contributed by atoms with Gasteiger partial charge in [0.1, 0.15) is 11.5 Å². The van der Waals surface area contributed by atoms with E-state index < -0.39 is 0 Å². The van der Waals surface area contributed by atoms with Crippen LogP contribution in [0.15, 0.2) is 102 Å². The van der Waals surface area contributed by atoms with Gasteiger partial charge in [-0.2, -0.15) is 0 Å². The Labute approximate surface area is 169 Å². The molecule has 0 fully saturated rings. The van der Waals surface area contributed by atoms with Gasteiger partial charge in [0.25, 0.3) is 5.91 Å². The lowest BCUT2D eigenvalue weighted by Gasteiger charge is -2.05. The number of carbonyl (C=O) groups excluding carboxylic acids is 1. The molecule has 0 unspecified atom stereocenters. The normalized spacial score (nSPS) is 10.9. The van der Waals surface area contributed by atoms with Crippen molar-refractivity contribution in [2.45, 2.75) is 6.42 Å². The molecular weight excluding hydrogens is 360 g/mol. The van der Waals surface area contributed by atoms with E-state index in [1.807, 2.05) is 66.7 Å². The maximum absolute atomic E-state index is 12.2. The Morgan fingerprint density at radius 1 is 0.897 bits per heavy atom. The number of nitrogens with one attached hydrogen (secondary N) is 1. The number of nitrogens with zero attached hydrogens (tertiary/aromatic N) is 1. The van der Waals surface area contributed by atoms with Gasteiger partial charge in [0.2, 0.25) is 0 Å². The molecule has 142 valence electrons. The maximum Gasteiger partial charge on any atom is 0.255 e. The molecule has 0 saturated heterocycles. The topological polar surface area (TPSA) is 55.1 Å². The highest BCUT2D eigenvalue weighted by atomic mass is 16.5. The van der Waals surface area contributed by atoms with Gasteiger partial charge in [0, 0.05) is 29.3 Å². The van der Waals surface area contributed by atoms with Crippen LogP contribution in [0.4, 0.5) is 5.69 Å². The predicted octanol–water partition coefficient (Wildman–Crippen LogP) is 5.85. The van der Waals surface area contributed by atoms with Crippen molar-refractivity contribution in [3.63, 3.8) is 0 Å². The number of benzene rings is 3. The fraction of sp³-hybridized carbons (Fsp3) is 0.0400. The lowest BCUT2D eigenvalue weighted by atomic mass is 10.1. The van der Waals surface area contributed by atoms with Gasteiger partial charge >= 0.3 is 0 Å². The molecule has 1 aromatic heterocycles. The zero-order valence-electron chi connectivity index (χ0n) is 15.8. The highest BCUT2D eigenvalue weighted by Gasteiger charge is 2.08. The molecule has 3 aromatic carbocycles. The second-order valence-corrected chi connectivity index (χ2v) is 6.59. The predicted molar refractivity (Wildman–Crippen MR) is 116 cm³/mol. The molecule has 1 amide bonds. The van der Waals surface area contributed by atoms with Gasteiger partial charge < -0.3 is 9.84 Å². The highest BCUT2D eigenvalue weighted by Crippen LogP contribution is 2.22. The molecule has 29 heavy (non-hydrogen) atoms. The van der Waals surface area contributed by atoms with Crippen molar-refractivity contribution in [3.8, 4) is 11.3 Å². The van der Waals surface area contributed by atoms with Crippen LogP contribution in [-0.4, -0.2) is 11.1 Å². The van der Waals surface area contributed by atoms with Crippen molar-refractivity contribution >= 4 is 17.7 Å². The summed E-state index contributed by atoms with van der Waals surface area (Å²) in [5.41, 5.74) is 4.22. The van der Waals surface area contributed by atoms with Crippen LogP contribution < -0.4 is 5.32 Å². The molecule has 4 rings (SSSR count). The number of anilines is 1. The Bertz CT molecular complexity index is 1100. The first-order chi connectivity index (χ1) is 14.3. The first kappa shape index (κ1) is 18.4. The van der Waals surface area contributed by atoms with E-state index in [1.165, 1.54) is 0 Å². The SMILES string of the molecule is O=C(Nc1ccc(-c2cc(C/C=C/c3ccccc3)on2)cc1)c1ccccc1. The van der Waals surface area contributed by atoms with E-state index in [4.69, 9.17) is 4.52 Å². The van der Waals surface area contributed by atoms with Gasteiger partial charge in [-0.1, -0.05) is 78.0 Å². The second-order valence-electron chi connectivity index (χ2n) is 6.59. The molecule has 0 spiro atoms. The van der Waals surface area contributed by atoms with E-state index in [-0.39, 0.29) is 5.91 Å². The summed E-state index contributed by atoms with van der Waals surface area (Å²) < 4.78 is 5.44. The quantitative estimate of drug-likeness (QED) is 0.456. The molecule has 4 nitrogen and oxygen atoms in total. The molecule has 0 saturated carbocycles. The molecule has 1 N–H and O–H groups in total. The summed E-state index contributed by atoms with van der Waals surface area (Å²) in [6.45, 7) is 0. The minimum atomic E-state index is -0.132. The van der Waals surface area contributed by atoms with E-state index in [2.05, 4.69) is 34.8 Å². The van der Waals surface area contributed by atoms with Gasteiger partial charge in [-0.05, 0) is 29.8 Å². The summed E-state index contributed by atoms with van der Waals surface area (Å²) in [6.07, 6.45) is 4.79. The summed E-state index contributed by atoms with van der Waals surface area (Å²) in [6, 6.07) is 28.8. The second kappa shape index (κ2) is 8.85. The van der Waals surface area contributed by atoms with Crippen LogP contribution in [0.5, 0.6) is 0 Å². The largest absolute Gasteiger partial charge is 0.360 e. The zero-order chi connectivity index (χ0) is 19.9. The average molecular weight is 380 g/mol. The lowest BCUT2D eigenvalue weighted by molar-refractivity contribution is 0.102. The van der Waals surface area contributed by atoms with Crippen LogP contribution in [0.25, 0.3) is 17.3 Å². The van der Waals surface area contributed by atoms with E-state index >= 15 is 0 Å². The van der Waals surface area contributed by atoms with Crippen LogP contribution in [0.2, 0.25) is 0 Å². The number of hydrogen-bond acceptors (Lipinski definition) is 3. The standard InChI is InChI=1S/C25H20N2O2/c28-25(21-11-5-2-6-12-21)26-22-16-14-20(15-17-22)24-18-23(29-27-24)13-7-10-19-8-3-1-4-9-19/h1-12,14-18H,13H2,(H,26,28)/b10-7+. The number of aromatic nitrogens is 1. The van der Waals surface area contributed by atoms with E-state index in [9.17, 15) is 4.79 Å². The molecule has 4 heteroatoms. The fourth-order valence-electron chi connectivity index (χ4n) is 2.94. The Hall–Kier alpha value is -3.92. The average Bonchev–Trinajstić information content (AvgIpc) is 3.24. The van der Waals surface area contributed by atoms with E-state index in [0.29, 0.717) is 12.0 Å². The lowest BCUT2D eigenvalue weighted by Crippen LogP contribution is -2.11. The molecule has 0 bridgehead atoms. The Morgan fingerprint density at radius 3 is 2.31 bits per heavy atom. The zero-order valence-corrected chi connectivity index (χ0v) is 15.8. The first-order valence-electron chi connectivity index (χ1n) is 9.42. The van der Waals surface area contributed by atoms with Gasteiger partial charge in [0.05, 0.1) is 0 Å². The maximum atomic E-state index is 12.2. The number of rotatable bonds is 6. The van der Waals surface area contributed by atoms with Crippen LogP contribution in [0.3, 0.4) is 0 Å². The number of amides is 1. The van der Waals surface area contributed by atoms with Crippen molar-refractivity contribution in [2.24, 2.45) is 0 Å². The molecule has 0 atom stereocenters. The molecule has 0 aliphatic heterocycles. The van der Waals surface area contributed by atoms with Crippen molar-refractivity contribution in [1.82, 2.24) is 5.16 Å². The fourth-order valence-corrected chi connectivity index (χ4v) is 2.94. The van der Waals surface area contributed by atoms with Crippen molar-refractivity contribution in [2.75, 3.05) is 5.32 Å². The first-order valence-corrected chi connectivity index (χ1v) is 9.42. The molecule has 0 aliphatic rings. The van der Waals surface area contributed by atoms with Crippen LogP contribution in [0, 0.1) is 0 Å². The van der Waals surface area contributed by atoms with E-state index in [0.717, 1.165) is 28.3 Å². The summed E-state index contributed by atoms with van der Waals surface area (Å²) >= 11 is 0. The molecule has 1 heterocycles. The van der Waals surface area contributed by atoms with Crippen LogP contribution in [0.1, 0.15) is 21.7 Å². The Morgan fingerprint density at radius 2 is 1.59 bits per heavy atom. The van der Waals surface area contributed by atoms with Crippen molar-refractivity contribution < 1.29 is 9.32 Å².